The van der Waals surface area contributed by atoms with Gasteiger partial charge >= 0.3 is 5.97 Å². The average Bonchev–Trinajstić information content (AvgIpc) is 2.32. The second-order valence-electron chi connectivity index (χ2n) is 2.68. The van der Waals surface area contributed by atoms with Crippen LogP contribution in [0.15, 0.2) is 29.7 Å². The first-order valence-corrected chi connectivity index (χ1v) is 4.58. The van der Waals surface area contributed by atoms with Crippen molar-refractivity contribution in [3.05, 3.63) is 29.7 Å². The Morgan fingerprint density at radius 1 is 1.31 bits per heavy atom. The topological polar surface area (TPSA) is 64.6 Å². The Morgan fingerprint density at radius 2 is 2.00 bits per heavy atom. The fraction of sp³-hybridized carbons (Fsp3) is 0.364. The number of nitrogens with one attached hydrogen (secondary N) is 1. The van der Waals surface area contributed by atoms with Gasteiger partial charge in [0.05, 0.1) is 14.2 Å². The van der Waals surface area contributed by atoms with Crippen LogP contribution >= 0.6 is 0 Å². The molecule has 0 rings (SSSR count). The Labute approximate surface area is 94.4 Å². The molecule has 0 radical (unpaired) electrons. The van der Waals surface area contributed by atoms with Crippen molar-refractivity contribution in [3.63, 3.8) is 0 Å². The van der Waals surface area contributed by atoms with Crippen LogP contribution in [0.5, 0.6) is 0 Å². The number of likely N-dealkylation sites (N-methyl/N-ethyl adjacent to an activating group) is 1. The molecular weight excluding hydrogens is 210 g/mol. The molecule has 16 heavy (non-hydrogen) atoms. The molecule has 0 saturated carbocycles. The zero-order valence-electron chi connectivity index (χ0n) is 9.57. The number of rotatable bonds is 5. The summed E-state index contributed by atoms with van der Waals surface area (Å²) >= 11 is 0. The molecule has 0 aliphatic heterocycles. The molecule has 0 fully saturated rings. The van der Waals surface area contributed by atoms with Gasteiger partial charge < -0.3 is 14.8 Å². The van der Waals surface area contributed by atoms with Gasteiger partial charge in [0.15, 0.2) is 0 Å². The molecule has 5 heteroatoms. The molecule has 0 bridgehead atoms. The number of hydrogen-bond acceptors (Lipinski definition) is 4. The summed E-state index contributed by atoms with van der Waals surface area (Å²) in [7, 11) is 4.27. The normalized spacial score (nSPS) is 9.81. The molecule has 0 aliphatic carbocycles. The van der Waals surface area contributed by atoms with E-state index in [-0.39, 0.29) is 12.3 Å². The lowest BCUT2D eigenvalue weighted by Gasteiger charge is -2.02. The standard InChI is InChI=1S/C11H15NO4/c1-12-10(13)7-5-4-6-9(15-2)8-11(14)16-3/h4,6-7H,8H2,1-3H3,(H,12,13)/b9-6+. The van der Waals surface area contributed by atoms with Crippen LogP contribution in [0, 0.1) is 0 Å². The Bertz CT molecular complexity index is 338. The van der Waals surface area contributed by atoms with Crippen molar-refractivity contribution >= 4 is 11.9 Å². The Kier molecular flexibility index (Phi) is 7.28. The first kappa shape index (κ1) is 14.0. The van der Waals surface area contributed by atoms with Crippen LogP contribution in [0.2, 0.25) is 0 Å². The van der Waals surface area contributed by atoms with Gasteiger partial charge in [0.2, 0.25) is 0 Å². The van der Waals surface area contributed by atoms with Gasteiger partial charge in [-0.05, 0) is 12.2 Å². The number of amides is 1. The third-order valence-electron chi connectivity index (χ3n) is 1.63. The van der Waals surface area contributed by atoms with Crippen LogP contribution in [0.25, 0.3) is 0 Å². The van der Waals surface area contributed by atoms with Crippen molar-refractivity contribution in [2.24, 2.45) is 0 Å². The minimum absolute atomic E-state index is 0.0468. The number of allylic oxidation sites excluding steroid dienone is 1. The van der Waals surface area contributed by atoms with E-state index in [9.17, 15) is 9.59 Å². The van der Waals surface area contributed by atoms with Gasteiger partial charge in [-0.3, -0.25) is 9.59 Å². The molecule has 88 valence electrons. The van der Waals surface area contributed by atoms with Crippen molar-refractivity contribution in [3.8, 4) is 0 Å². The highest BCUT2D eigenvalue weighted by Gasteiger charge is 2.04. The monoisotopic (exact) mass is 225 g/mol. The molecule has 0 heterocycles. The van der Waals surface area contributed by atoms with Gasteiger partial charge in [-0.2, -0.15) is 0 Å². The molecule has 0 aliphatic rings. The van der Waals surface area contributed by atoms with Gasteiger partial charge in [0, 0.05) is 13.1 Å². The van der Waals surface area contributed by atoms with Gasteiger partial charge in [0.1, 0.15) is 12.2 Å². The second kappa shape index (κ2) is 8.32. The van der Waals surface area contributed by atoms with E-state index in [1.807, 2.05) is 0 Å². The molecule has 0 aromatic carbocycles. The first-order chi connectivity index (χ1) is 7.63. The molecule has 0 aromatic rings. The Hall–Kier alpha value is -2.00. The van der Waals surface area contributed by atoms with Crippen molar-refractivity contribution in [2.75, 3.05) is 21.3 Å². The fourth-order valence-corrected chi connectivity index (χ4v) is 0.751. The van der Waals surface area contributed by atoms with Crippen LogP contribution in [-0.2, 0) is 19.1 Å². The lowest BCUT2D eigenvalue weighted by atomic mass is 10.3. The molecule has 0 spiro atoms. The maximum atomic E-state index is 10.9. The van der Waals surface area contributed by atoms with E-state index in [1.165, 1.54) is 39.5 Å². The largest absolute Gasteiger partial charge is 0.500 e. The van der Waals surface area contributed by atoms with Crippen molar-refractivity contribution in [1.82, 2.24) is 5.32 Å². The summed E-state index contributed by atoms with van der Waals surface area (Å²) in [4.78, 5) is 21.7. The van der Waals surface area contributed by atoms with E-state index in [0.29, 0.717) is 5.76 Å². The van der Waals surface area contributed by atoms with Gasteiger partial charge in [0.25, 0.3) is 5.91 Å². The summed E-state index contributed by atoms with van der Waals surface area (Å²) in [6.45, 7) is 0. The number of methoxy groups -OCH3 is 2. The fourth-order valence-electron chi connectivity index (χ4n) is 0.751. The van der Waals surface area contributed by atoms with E-state index >= 15 is 0 Å². The zero-order valence-corrected chi connectivity index (χ0v) is 9.57. The van der Waals surface area contributed by atoms with Crippen molar-refractivity contribution in [2.45, 2.75) is 6.42 Å². The third-order valence-corrected chi connectivity index (χ3v) is 1.63. The van der Waals surface area contributed by atoms with E-state index < -0.39 is 5.97 Å². The predicted molar refractivity (Wildman–Crippen MR) is 58.4 cm³/mol. The molecule has 0 aromatic heterocycles. The molecule has 1 N–H and O–H groups in total. The van der Waals surface area contributed by atoms with Crippen LogP contribution in [0.1, 0.15) is 6.42 Å². The van der Waals surface area contributed by atoms with Crippen LogP contribution in [-0.4, -0.2) is 33.1 Å². The van der Waals surface area contributed by atoms with E-state index in [4.69, 9.17) is 4.74 Å². The van der Waals surface area contributed by atoms with Gasteiger partial charge in [-0.15, -0.1) is 5.73 Å². The van der Waals surface area contributed by atoms with Crippen LogP contribution in [0.4, 0.5) is 0 Å². The van der Waals surface area contributed by atoms with Gasteiger partial charge in [-0.25, -0.2) is 0 Å². The average molecular weight is 225 g/mol. The Balaban J connectivity index is 4.42. The number of hydrogen-bond donors (Lipinski definition) is 1. The number of carbonyl (C=O) groups excluding carboxylic acids is 2. The predicted octanol–water partition coefficient (Wildman–Crippen LogP) is 0.537. The highest BCUT2D eigenvalue weighted by atomic mass is 16.5. The van der Waals surface area contributed by atoms with Crippen molar-refractivity contribution < 1.29 is 19.1 Å². The third kappa shape index (κ3) is 6.45. The zero-order chi connectivity index (χ0) is 12.4. The van der Waals surface area contributed by atoms with Crippen LogP contribution in [0.3, 0.4) is 0 Å². The molecular formula is C11H15NO4. The Morgan fingerprint density at radius 3 is 2.50 bits per heavy atom. The number of ether oxygens (including phenoxy) is 2. The second-order valence-corrected chi connectivity index (χ2v) is 2.68. The molecule has 0 unspecified atom stereocenters. The lowest BCUT2D eigenvalue weighted by Crippen LogP contribution is -2.13. The highest BCUT2D eigenvalue weighted by Crippen LogP contribution is 2.03. The van der Waals surface area contributed by atoms with E-state index in [1.54, 1.807) is 0 Å². The summed E-state index contributed by atoms with van der Waals surface area (Å²) in [6, 6.07) is 0. The summed E-state index contributed by atoms with van der Waals surface area (Å²) in [5, 5.41) is 2.41. The number of carbonyl (C=O) groups is 2. The minimum Gasteiger partial charge on any atom is -0.500 e. The van der Waals surface area contributed by atoms with Crippen molar-refractivity contribution in [1.29, 1.82) is 0 Å². The lowest BCUT2D eigenvalue weighted by molar-refractivity contribution is -0.140. The number of esters is 1. The maximum Gasteiger partial charge on any atom is 0.313 e. The molecule has 5 nitrogen and oxygen atoms in total. The van der Waals surface area contributed by atoms with Crippen LogP contribution < -0.4 is 5.32 Å². The SMILES string of the molecule is CNC(=O)C=C=C/C=C(\CC(=O)OC)OC. The quantitative estimate of drug-likeness (QED) is 0.244. The van der Waals surface area contributed by atoms with Gasteiger partial charge in [-0.1, -0.05) is 0 Å². The molecule has 0 atom stereocenters. The highest BCUT2D eigenvalue weighted by molar-refractivity contribution is 5.86. The molecule has 1 amide bonds. The smallest absolute Gasteiger partial charge is 0.313 e. The minimum atomic E-state index is -0.392. The van der Waals surface area contributed by atoms with E-state index in [0.717, 1.165) is 0 Å². The first-order valence-electron chi connectivity index (χ1n) is 4.58. The molecule has 0 saturated heterocycles. The van der Waals surface area contributed by atoms with E-state index in [2.05, 4.69) is 15.8 Å². The summed E-state index contributed by atoms with van der Waals surface area (Å²) in [6.07, 6.45) is 4.31. The summed E-state index contributed by atoms with van der Waals surface area (Å²) in [5.41, 5.74) is 2.62. The maximum absolute atomic E-state index is 10.9. The summed E-state index contributed by atoms with van der Waals surface area (Å²) in [5.74, 6) is -0.210. The summed E-state index contributed by atoms with van der Waals surface area (Å²) < 4.78 is 9.41.